The van der Waals surface area contributed by atoms with E-state index in [1.54, 1.807) is 12.1 Å². The number of amides is 1. The van der Waals surface area contributed by atoms with Gasteiger partial charge in [0, 0.05) is 6.54 Å². The average molecular weight is 286 g/mol. The van der Waals surface area contributed by atoms with Crippen LogP contribution < -0.4 is 11.1 Å². The van der Waals surface area contributed by atoms with E-state index >= 15 is 0 Å². The summed E-state index contributed by atoms with van der Waals surface area (Å²) in [5.41, 5.74) is 8.82. The number of halogens is 1. The molecular formula is C17H19FN2O. The van der Waals surface area contributed by atoms with Crippen molar-refractivity contribution in [3.63, 3.8) is 0 Å². The highest BCUT2D eigenvalue weighted by atomic mass is 19.1. The van der Waals surface area contributed by atoms with Crippen LogP contribution in [-0.4, -0.2) is 12.5 Å². The van der Waals surface area contributed by atoms with E-state index in [1.165, 1.54) is 12.1 Å². The zero-order chi connectivity index (χ0) is 15.2. The number of nitrogens with one attached hydrogen (secondary N) is 1. The van der Waals surface area contributed by atoms with Crippen molar-refractivity contribution in [3.8, 4) is 0 Å². The van der Waals surface area contributed by atoms with Crippen LogP contribution in [0.25, 0.3) is 0 Å². The Kier molecular flexibility index (Phi) is 5.06. The van der Waals surface area contributed by atoms with Crippen molar-refractivity contribution in [2.24, 2.45) is 5.73 Å². The minimum absolute atomic E-state index is 0.207. The standard InChI is InChI=1S/C17H19FN2O/c1-12-2-6-14(7-3-12)16(19)17(21)20-11-10-13-4-8-15(18)9-5-13/h2-9,16H,10-11,19H2,1H3,(H,20,21). The molecule has 4 heteroatoms. The molecule has 1 amide bonds. The summed E-state index contributed by atoms with van der Waals surface area (Å²) < 4.78 is 12.8. The van der Waals surface area contributed by atoms with Crippen LogP contribution in [0.4, 0.5) is 4.39 Å². The van der Waals surface area contributed by atoms with Crippen molar-refractivity contribution < 1.29 is 9.18 Å². The van der Waals surface area contributed by atoms with Crippen LogP contribution in [0.1, 0.15) is 22.7 Å². The van der Waals surface area contributed by atoms with E-state index in [0.29, 0.717) is 13.0 Å². The Labute approximate surface area is 124 Å². The van der Waals surface area contributed by atoms with E-state index in [2.05, 4.69) is 5.32 Å². The molecular weight excluding hydrogens is 267 g/mol. The van der Waals surface area contributed by atoms with E-state index in [0.717, 1.165) is 16.7 Å². The van der Waals surface area contributed by atoms with Crippen LogP contribution in [0, 0.1) is 12.7 Å². The summed E-state index contributed by atoms with van der Waals surface area (Å²) in [5, 5.41) is 2.80. The van der Waals surface area contributed by atoms with Crippen molar-refractivity contribution in [2.45, 2.75) is 19.4 Å². The first kappa shape index (κ1) is 15.2. The molecule has 0 spiro atoms. The third kappa shape index (κ3) is 4.39. The Bertz CT molecular complexity index is 593. The lowest BCUT2D eigenvalue weighted by Crippen LogP contribution is -2.35. The molecule has 2 aromatic carbocycles. The number of aryl methyl sites for hydroxylation is 1. The zero-order valence-electron chi connectivity index (χ0n) is 12.0. The second-order valence-corrected chi connectivity index (χ2v) is 5.06. The van der Waals surface area contributed by atoms with Gasteiger partial charge in [0.05, 0.1) is 0 Å². The topological polar surface area (TPSA) is 55.1 Å². The summed E-state index contributed by atoms with van der Waals surface area (Å²) >= 11 is 0. The molecule has 0 heterocycles. The van der Waals surface area contributed by atoms with Crippen LogP contribution in [0.15, 0.2) is 48.5 Å². The fraction of sp³-hybridized carbons (Fsp3) is 0.235. The van der Waals surface area contributed by atoms with Crippen molar-refractivity contribution in [3.05, 3.63) is 71.0 Å². The van der Waals surface area contributed by atoms with Crippen LogP contribution >= 0.6 is 0 Å². The molecule has 3 N–H and O–H groups in total. The van der Waals surface area contributed by atoms with Gasteiger partial charge in [0.2, 0.25) is 5.91 Å². The first-order chi connectivity index (χ1) is 10.1. The van der Waals surface area contributed by atoms with Gasteiger partial charge in [0.1, 0.15) is 11.9 Å². The van der Waals surface area contributed by atoms with E-state index in [4.69, 9.17) is 5.73 Å². The van der Waals surface area contributed by atoms with Crippen molar-refractivity contribution in [2.75, 3.05) is 6.54 Å². The molecule has 110 valence electrons. The van der Waals surface area contributed by atoms with Gasteiger partial charge in [0.25, 0.3) is 0 Å². The maximum absolute atomic E-state index is 12.8. The first-order valence-corrected chi connectivity index (χ1v) is 6.90. The fourth-order valence-corrected chi connectivity index (χ4v) is 2.02. The average Bonchev–Trinajstić information content (AvgIpc) is 2.49. The third-order valence-electron chi connectivity index (χ3n) is 3.35. The largest absolute Gasteiger partial charge is 0.354 e. The summed E-state index contributed by atoms with van der Waals surface area (Å²) in [6, 6.07) is 13.2. The Morgan fingerprint density at radius 2 is 1.76 bits per heavy atom. The number of nitrogens with two attached hydrogens (primary N) is 1. The number of carbonyl (C=O) groups is 1. The molecule has 1 atom stereocenters. The third-order valence-corrected chi connectivity index (χ3v) is 3.35. The lowest BCUT2D eigenvalue weighted by molar-refractivity contribution is -0.122. The molecule has 0 bridgehead atoms. The predicted molar refractivity (Wildman–Crippen MR) is 81.2 cm³/mol. The van der Waals surface area contributed by atoms with Gasteiger partial charge >= 0.3 is 0 Å². The number of benzene rings is 2. The normalized spacial score (nSPS) is 12.0. The summed E-state index contributed by atoms with van der Waals surface area (Å²) in [5.74, 6) is -0.467. The first-order valence-electron chi connectivity index (χ1n) is 6.90. The van der Waals surface area contributed by atoms with Crippen LogP contribution in [0.3, 0.4) is 0 Å². The minimum Gasteiger partial charge on any atom is -0.354 e. The lowest BCUT2D eigenvalue weighted by Gasteiger charge is -2.13. The Hall–Kier alpha value is -2.20. The second kappa shape index (κ2) is 6.99. The lowest BCUT2D eigenvalue weighted by atomic mass is 10.1. The van der Waals surface area contributed by atoms with Crippen LogP contribution in [0.2, 0.25) is 0 Å². The van der Waals surface area contributed by atoms with Crippen LogP contribution in [-0.2, 0) is 11.2 Å². The van der Waals surface area contributed by atoms with Crippen LogP contribution in [0.5, 0.6) is 0 Å². The van der Waals surface area contributed by atoms with Crippen molar-refractivity contribution >= 4 is 5.91 Å². The molecule has 0 aliphatic carbocycles. The molecule has 3 nitrogen and oxygen atoms in total. The number of rotatable bonds is 5. The molecule has 0 aliphatic heterocycles. The summed E-state index contributed by atoms with van der Waals surface area (Å²) in [4.78, 5) is 12.0. The molecule has 21 heavy (non-hydrogen) atoms. The quantitative estimate of drug-likeness (QED) is 0.887. The fourth-order valence-electron chi connectivity index (χ4n) is 2.02. The molecule has 2 aromatic rings. The molecule has 0 radical (unpaired) electrons. The van der Waals surface area contributed by atoms with Gasteiger partial charge in [-0.3, -0.25) is 4.79 Å². The highest BCUT2D eigenvalue weighted by Gasteiger charge is 2.14. The van der Waals surface area contributed by atoms with Gasteiger partial charge in [-0.1, -0.05) is 42.0 Å². The molecule has 1 unspecified atom stereocenters. The highest BCUT2D eigenvalue weighted by molar-refractivity contribution is 5.82. The number of carbonyl (C=O) groups excluding carboxylic acids is 1. The second-order valence-electron chi connectivity index (χ2n) is 5.06. The minimum atomic E-state index is -0.668. The van der Waals surface area contributed by atoms with Gasteiger partial charge in [-0.15, -0.1) is 0 Å². The molecule has 0 aliphatic rings. The molecule has 0 saturated heterocycles. The van der Waals surface area contributed by atoms with Gasteiger partial charge in [0.15, 0.2) is 0 Å². The summed E-state index contributed by atoms with van der Waals surface area (Å²) in [6.07, 6.45) is 0.645. The van der Waals surface area contributed by atoms with E-state index in [1.807, 2.05) is 31.2 Å². The van der Waals surface area contributed by atoms with Gasteiger partial charge < -0.3 is 11.1 Å². The number of hydrogen-bond acceptors (Lipinski definition) is 2. The Morgan fingerprint density at radius 1 is 1.14 bits per heavy atom. The smallest absolute Gasteiger partial charge is 0.241 e. The van der Waals surface area contributed by atoms with E-state index < -0.39 is 6.04 Å². The van der Waals surface area contributed by atoms with Gasteiger partial charge in [-0.25, -0.2) is 4.39 Å². The van der Waals surface area contributed by atoms with Gasteiger partial charge in [-0.05, 0) is 36.6 Å². The van der Waals surface area contributed by atoms with Crippen molar-refractivity contribution in [1.82, 2.24) is 5.32 Å². The van der Waals surface area contributed by atoms with Crippen molar-refractivity contribution in [1.29, 1.82) is 0 Å². The van der Waals surface area contributed by atoms with Gasteiger partial charge in [-0.2, -0.15) is 0 Å². The Balaban J connectivity index is 1.83. The maximum atomic E-state index is 12.8. The monoisotopic (exact) mass is 286 g/mol. The van der Waals surface area contributed by atoms with E-state index in [9.17, 15) is 9.18 Å². The zero-order valence-corrected chi connectivity index (χ0v) is 12.0. The Morgan fingerprint density at radius 3 is 2.38 bits per heavy atom. The molecule has 0 aromatic heterocycles. The molecule has 2 rings (SSSR count). The molecule has 0 saturated carbocycles. The SMILES string of the molecule is Cc1ccc(C(N)C(=O)NCCc2ccc(F)cc2)cc1. The summed E-state index contributed by atoms with van der Waals surface area (Å²) in [7, 11) is 0. The maximum Gasteiger partial charge on any atom is 0.241 e. The predicted octanol–water partition coefficient (Wildman–Crippen LogP) is 2.49. The molecule has 0 fully saturated rings. The summed E-state index contributed by atoms with van der Waals surface area (Å²) in [6.45, 7) is 2.46. The number of hydrogen-bond donors (Lipinski definition) is 2. The van der Waals surface area contributed by atoms with E-state index in [-0.39, 0.29) is 11.7 Å². The highest BCUT2D eigenvalue weighted by Crippen LogP contribution is 2.11.